The molecule has 0 aliphatic rings. The summed E-state index contributed by atoms with van der Waals surface area (Å²) in [5, 5.41) is 3.45. The minimum Gasteiger partial charge on any atom is -0.441 e. The number of oxazole rings is 1. The van der Waals surface area contributed by atoms with Gasteiger partial charge in [-0.15, -0.1) is 0 Å². The number of carbonyl (C=O) groups is 1. The van der Waals surface area contributed by atoms with Gasteiger partial charge in [0.2, 0.25) is 5.91 Å². The van der Waals surface area contributed by atoms with E-state index in [9.17, 15) is 4.79 Å². The fourth-order valence-electron chi connectivity index (χ4n) is 2.22. The molecule has 0 bridgehead atoms. The number of anilines is 1. The van der Waals surface area contributed by atoms with Gasteiger partial charge < -0.3 is 9.73 Å². The Morgan fingerprint density at radius 1 is 1.21 bits per heavy atom. The smallest absolute Gasteiger partial charge is 0.224 e. The van der Waals surface area contributed by atoms with Crippen molar-refractivity contribution in [2.75, 3.05) is 5.32 Å². The number of nitrogens with zero attached hydrogens (tertiary/aromatic N) is 1. The predicted octanol–water partition coefficient (Wildman–Crippen LogP) is 5.33. The summed E-state index contributed by atoms with van der Waals surface area (Å²) in [6, 6.07) is 14.9. The standard InChI is InChI=1S/C18H14BrClN2O2/c19-12-4-3-5-13(10-12)22-17(23)8-9-18-21-11-16(24-18)14-6-1-2-7-15(14)20/h1-7,10-11H,8-9H2,(H,22,23). The van der Waals surface area contributed by atoms with E-state index in [1.165, 1.54) is 0 Å². The molecule has 6 heteroatoms. The normalized spacial score (nSPS) is 10.6. The maximum absolute atomic E-state index is 12.0. The van der Waals surface area contributed by atoms with E-state index in [4.69, 9.17) is 16.0 Å². The SMILES string of the molecule is O=C(CCc1ncc(-c2ccccc2Cl)o1)Nc1cccc(Br)c1. The van der Waals surface area contributed by atoms with Gasteiger partial charge in [-0.1, -0.05) is 45.7 Å². The first-order chi connectivity index (χ1) is 11.6. The molecule has 1 N–H and O–H groups in total. The van der Waals surface area contributed by atoms with Crippen molar-refractivity contribution in [1.29, 1.82) is 0 Å². The quantitative estimate of drug-likeness (QED) is 0.624. The first kappa shape index (κ1) is 16.7. The first-order valence-corrected chi connectivity index (χ1v) is 8.54. The zero-order chi connectivity index (χ0) is 16.9. The maximum atomic E-state index is 12.0. The Kier molecular flexibility index (Phi) is 5.33. The second-order valence-corrected chi connectivity index (χ2v) is 6.48. The number of aromatic nitrogens is 1. The van der Waals surface area contributed by atoms with Gasteiger partial charge in [0.1, 0.15) is 0 Å². The minimum atomic E-state index is -0.0920. The summed E-state index contributed by atoms with van der Waals surface area (Å²) in [7, 11) is 0. The van der Waals surface area contributed by atoms with Crippen LogP contribution >= 0.6 is 27.5 Å². The van der Waals surface area contributed by atoms with Crippen LogP contribution in [0.4, 0.5) is 5.69 Å². The molecule has 0 unspecified atom stereocenters. The number of rotatable bonds is 5. The molecular formula is C18H14BrClN2O2. The molecule has 0 saturated carbocycles. The molecule has 3 aromatic rings. The van der Waals surface area contributed by atoms with E-state index < -0.39 is 0 Å². The van der Waals surface area contributed by atoms with Gasteiger partial charge in [0, 0.05) is 28.6 Å². The zero-order valence-electron chi connectivity index (χ0n) is 12.6. The largest absolute Gasteiger partial charge is 0.441 e. The van der Waals surface area contributed by atoms with E-state index in [0.29, 0.717) is 23.1 Å². The molecule has 122 valence electrons. The van der Waals surface area contributed by atoms with Gasteiger partial charge in [-0.3, -0.25) is 4.79 Å². The van der Waals surface area contributed by atoms with Gasteiger partial charge in [-0.2, -0.15) is 0 Å². The lowest BCUT2D eigenvalue weighted by molar-refractivity contribution is -0.116. The van der Waals surface area contributed by atoms with Crippen molar-refractivity contribution in [3.63, 3.8) is 0 Å². The number of halogens is 2. The minimum absolute atomic E-state index is 0.0920. The van der Waals surface area contributed by atoms with Gasteiger partial charge in [0.05, 0.1) is 11.2 Å². The molecule has 0 atom stereocenters. The van der Waals surface area contributed by atoms with Gasteiger partial charge in [0.15, 0.2) is 11.7 Å². The van der Waals surface area contributed by atoms with Crippen molar-refractivity contribution in [1.82, 2.24) is 4.98 Å². The van der Waals surface area contributed by atoms with Crippen LogP contribution in [0.1, 0.15) is 12.3 Å². The summed E-state index contributed by atoms with van der Waals surface area (Å²) in [5.41, 5.74) is 1.54. The van der Waals surface area contributed by atoms with Crippen molar-refractivity contribution < 1.29 is 9.21 Å². The highest BCUT2D eigenvalue weighted by molar-refractivity contribution is 9.10. The van der Waals surface area contributed by atoms with Gasteiger partial charge in [-0.05, 0) is 30.3 Å². The number of hydrogen-bond acceptors (Lipinski definition) is 3. The lowest BCUT2D eigenvalue weighted by Gasteiger charge is -2.04. The van der Waals surface area contributed by atoms with Crippen molar-refractivity contribution in [2.45, 2.75) is 12.8 Å². The van der Waals surface area contributed by atoms with Crippen LogP contribution in [0.3, 0.4) is 0 Å². The average molecular weight is 406 g/mol. The third kappa shape index (κ3) is 4.24. The average Bonchev–Trinajstić information content (AvgIpc) is 3.02. The number of hydrogen-bond donors (Lipinski definition) is 1. The maximum Gasteiger partial charge on any atom is 0.224 e. The molecule has 0 aliphatic heterocycles. The number of amides is 1. The Hall–Kier alpha value is -2.11. The van der Waals surface area contributed by atoms with E-state index in [1.54, 1.807) is 12.3 Å². The van der Waals surface area contributed by atoms with Crippen LogP contribution in [0.5, 0.6) is 0 Å². The van der Waals surface area contributed by atoms with Crippen LogP contribution in [-0.4, -0.2) is 10.9 Å². The summed E-state index contributed by atoms with van der Waals surface area (Å²) >= 11 is 9.51. The Morgan fingerprint density at radius 2 is 2.04 bits per heavy atom. The Morgan fingerprint density at radius 3 is 2.83 bits per heavy atom. The summed E-state index contributed by atoms with van der Waals surface area (Å²) in [4.78, 5) is 16.2. The molecule has 0 saturated heterocycles. The highest BCUT2D eigenvalue weighted by Gasteiger charge is 2.11. The monoisotopic (exact) mass is 404 g/mol. The van der Waals surface area contributed by atoms with E-state index in [1.807, 2.05) is 42.5 Å². The molecule has 3 rings (SSSR count). The third-order valence-electron chi connectivity index (χ3n) is 3.37. The number of benzene rings is 2. The number of carbonyl (C=O) groups excluding carboxylic acids is 1. The van der Waals surface area contributed by atoms with Crippen molar-refractivity contribution in [3.05, 3.63) is 70.1 Å². The summed E-state index contributed by atoms with van der Waals surface area (Å²) < 4.78 is 6.60. The Bertz CT molecular complexity index is 863. The molecule has 0 aliphatic carbocycles. The van der Waals surface area contributed by atoms with Crippen LogP contribution in [0, 0.1) is 0 Å². The predicted molar refractivity (Wildman–Crippen MR) is 98.0 cm³/mol. The lowest BCUT2D eigenvalue weighted by atomic mass is 10.2. The Balaban J connectivity index is 1.59. The third-order valence-corrected chi connectivity index (χ3v) is 4.19. The summed E-state index contributed by atoms with van der Waals surface area (Å²) in [6.45, 7) is 0. The van der Waals surface area contributed by atoms with Crippen LogP contribution in [0.15, 0.2) is 63.6 Å². The van der Waals surface area contributed by atoms with Crippen LogP contribution in [-0.2, 0) is 11.2 Å². The molecule has 0 fully saturated rings. The molecule has 0 radical (unpaired) electrons. The van der Waals surface area contributed by atoms with Gasteiger partial charge >= 0.3 is 0 Å². The van der Waals surface area contributed by atoms with Crippen LogP contribution in [0.25, 0.3) is 11.3 Å². The summed E-state index contributed by atoms with van der Waals surface area (Å²) in [6.07, 6.45) is 2.34. The number of nitrogens with one attached hydrogen (secondary N) is 1. The van der Waals surface area contributed by atoms with Crippen LogP contribution < -0.4 is 5.32 Å². The lowest BCUT2D eigenvalue weighted by Crippen LogP contribution is -2.12. The number of aryl methyl sites for hydroxylation is 1. The molecule has 1 heterocycles. The zero-order valence-corrected chi connectivity index (χ0v) is 15.0. The van der Waals surface area contributed by atoms with Crippen molar-refractivity contribution in [3.8, 4) is 11.3 Å². The first-order valence-electron chi connectivity index (χ1n) is 7.37. The van der Waals surface area contributed by atoms with Crippen molar-refractivity contribution >= 4 is 39.1 Å². The second kappa shape index (κ2) is 7.64. The van der Waals surface area contributed by atoms with Crippen LogP contribution in [0.2, 0.25) is 5.02 Å². The van der Waals surface area contributed by atoms with Gasteiger partial charge in [-0.25, -0.2) is 4.98 Å². The highest BCUT2D eigenvalue weighted by atomic mass is 79.9. The molecule has 4 nitrogen and oxygen atoms in total. The molecular weight excluding hydrogens is 392 g/mol. The molecule has 24 heavy (non-hydrogen) atoms. The molecule has 1 amide bonds. The van der Waals surface area contributed by atoms with E-state index in [0.717, 1.165) is 15.7 Å². The van der Waals surface area contributed by atoms with E-state index >= 15 is 0 Å². The fraction of sp³-hybridized carbons (Fsp3) is 0.111. The van der Waals surface area contributed by atoms with E-state index in [-0.39, 0.29) is 12.3 Å². The van der Waals surface area contributed by atoms with Gasteiger partial charge in [0.25, 0.3) is 0 Å². The van der Waals surface area contributed by atoms with Crippen molar-refractivity contribution in [2.24, 2.45) is 0 Å². The Labute approximate surface area is 153 Å². The topological polar surface area (TPSA) is 55.1 Å². The summed E-state index contributed by atoms with van der Waals surface area (Å²) in [5.74, 6) is 1.02. The molecule has 1 aromatic heterocycles. The highest BCUT2D eigenvalue weighted by Crippen LogP contribution is 2.28. The van der Waals surface area contributed by atoms with E-state index in [2.05, 4.69) is 26.2 Å². The fourth-order valence-corrected chi connectivity index (χ4v) is 2.85. The molecule has 2 aromatic carbocycles. The second-order valence-electron chi connectivity index (χ2n) is 5.16. The molecule has 0 spiro atoms.